The molecular formula is C14H12N6O4S. The summed E-state index contributed by atoms with van der Waals surface area (Å²) in [7, 11) is 2.84. The maximum absolute atomic E-state index is 11.7. The Labute approximate surface area is 146 Å². The third-order valence-corrected chi connectivity index (χ3v) is 3.79. The molecule has 0 bridgehead atoms. The van der Waals surface area contributed by atoms with Gasteiger partial charge in [0.15, 0.2) is 6.07 Å². The molecule has 128 valence electrons. The number of urea groups is 1. The van der Waals surface area contributed by atoms with Crippen molar-refractivity contribution in [2.45, 2.75) is 9.92 Å². The van der Waals surface area contributed by atoms with Crippen molar-refractivity contribution >= 4 is 29.3 Å². The van der Waals surface area contributed by atoms with Gasteiger partial charge < -0.3 is 15.4 Å². The zero-order chi connectivity index (χ0) is 18.4. The molecular weight excluding hydrogens is 348 g/mol. The van der Waals surface area contributed by atoms with Crippen molar-refractivity contribution < 1.29 is 14.6 Å². The van der Waals surface area contributed by atoms with Crippen LogP contribution in [-0.4, -0.2) is 40.1 Å². The molecule has 0 radical (unpaired) electrons. The Kier molecular flexibility index (Phi) is 5.83. The summed E-state index contributed by atoms with van der Waals surface area (Å²) in [5.74, 6) is -0.719. The molecule has 25 heavy (non-hydrogen) atoms. The van der Waals surface area contributed by atoms with Crippen molar-refractivity contribution in [3.63, 3.8) is 0 Å². The normalized spacial score (nSPS) is 9.96. The van der Waals surface area contributed by atoms with Crippen LogP contribution in [-0.2, 0) is 4.84 Å². The zero-order valence-corrected chi connectivity index (χ0v) is 14.0. The molecule has 2 aromatic rings. The Balaban J connectivity index is 2.14. The second-order valence-corrected chi connectivity index (χ2v) is 5.59. The highest BCUT2D eigenvalue weighted by atomic mass is 32.2. The van der Waals surface area contributed by atoms with Crippen LogP contribution in [0.15, 0.2) is 40.3 Å². The minimum Gasteiger partial charge on any atom is -0.358 e. The average molecular weight is 360 g/mol. The lowest BCUT2D eigenvalue weighted by Crippen LogP contribution is -2.30. The van der Waals surface area contributed by atoms with Gasteiger partial charge in [-0.15, -0.1) is 0 Å². The van der Waals surface area contributed by atoms with Crippen LogP contribution >= 0.6 is 11.8 Å². The molecule has 11 heteroatoms. The molecule has 0 spiro atoms. The van der Waals surface area contributed by atoms with Crippen molar-refractivity contribution in [3.8, 4) is 6.07 Å². The largest absolute Gasteiger partial charge is 0.369 e. The number of hydrogen-bond donors (Lipinski definition) is 1. The first-order chi connectivity index (χ1) is 11.9. The molecule has 1 aromatic carbocycles. The highest BCUT2D eigenvalue weighted by Gasteiger charge is 2.15. The van der Waals surface area contributed by atoms with E-state index in [1.54, 1.807) is 30.3 Å². The van der Waals surface area contributed by atoms with E-state index in [2.05, 4.69) is 15.3 Å². The Morgan fingerprint density at radius 1 is 1.40 bits per heavy atom. The van der Waals surface area contributed by atoms with Gasteiger partial charge in [-0.25, -0.2) is 9.86 Å². The Morgan fingerprint density at radius 2 is 2.08 bits per heavy atom. The fraction of sp³-hybridized carbons (Fsp3) is 0.143. The number of nitrogens with zero attached hydrogens (tertiary/aromatic N) is 5. The third kappa shape index (κ3) is 4.87. The summed E-state index contributed by atoms with van der Waals surface area (Å²) in [4.78, 5) is 34.7. The predicted molar refractivity (Wildman–Crippen MR) is 87.8 cm³/mol. The fourth-order valence-electron chi connectivity index (χ4n) is 1.62. The summed E-state index contributed by atoms with van der Waals surface area (Å²) in [6, 6.07) is 9.16. The van der Waals surface area contributed by atoms with Crippen LogP contribution in [0, 0.1) is 21.4 Å². The summed E-state index contributed by atoms with van der Waals surface area (Å²) in [6.45, 7) is 0. The van der Waals surface area contributed by atoms with Gasteiger partial charge in [0.25, 0.3) is 0 Å². The van der Waals surface area contributed by atoms with E-state index >= 15 is 0 Å². The highest BCUT2D eigenvalue weighted by Crippen LogP contribution is 2.28. The first-order valence-electron chi connectivity index (χ1n) is 6.73. The number of nitro groups is 1. The minimum atomic E-state index is -0.683. The van der Waals surface area contributed by atoms with Crippen LogP contribution < -0.4 is 5.32 Å². The van der Waals surface area contributed by atoms with Crippen molar-refractivity contribution in [1.82, 2.24) is 15.0 Å². The molecule has 0 saturated carbocycles. The first-order valence-corrected chi connectivity index (χ1v) is 7.55. The monoisotopic (exact) mass is 360 g/mol. The number of hydrogen-bond acceptors (Lipinski definition) is 8. The van der Waals surface area contributed by atoms with Gasteiger partial charge in [-0.3, -0.25) is 4.84 Å². The number of aromatic nitrogens is 2. The van der Waals surface area contributed by atoms with Crippen molar-refractivity contribution in [2.24, 2.45) is 0 Å². The first kappa shape index (κ1) is 18.1. The van der Waals surface area contributed by atoms with Crippen LogP contribution in [0.1, 0.15) is 5.82 Å². The number of nitrogens with one attached hydrogen (secondary N) is 1. The molecule has 0 atom stereocenters. The van der Waals surface area contributed by atoms with E-state index in [9.17, 15) is 14.9 Å². The summed E-state index contributed by atoms with van der Waals surface area (Å²) in [5, 5.41) is 23.6. The number of hydroxylamine groups is 2. The number of nitriles is 1. The van der Waals surface area contributed by atoms with E-state index in [1.807, 2.05) is 0 Å². The highest BCUT2D eigenvalue weighted by molar-refractivity contribution is 7.99. The number of benzene rings is 1. The molecule has 1 N–H and O–H groups in total. The van der Waals surface area contributed by atoms with Crippen LogP contribution in [0.3, 0.4) is 0 Å². The van der Waals surface area contributed by atoms with E-state index in [0.29, 0.717) is 5.69 Å². The second kappa shape index (κ2) is 8.04. The van der Waals surface area contributed by atoms with Crippen LogP contribution in [0.2, 0.25) is 0 Å². The molecule has 0 saturated heterocycles. The third-order valence-electron chi connectivity index (χ3n) is 2.86. The van der Waals surface area contributed by atoms with E-state index in [-0.39, 0.29) is 10.9 Å². The van der Waals surface area contributed by atoms with Gasteiger partial charge in [-0.05, 0) is 34.2 Å². The Bertz CT molecular complexity index is 836. The lowest BCUT2D eigenvalue weighted by Gasteiger charge is -2.14. The maximum atomic E-state index is 11.7. The number of carbonyl (C=O) groups excluding carboxylic acids is 1. The summed E-state index contributed by atoms with van der Waals surface area (Å²) in [5.41, 5.74) is 0.546. The standard InChI is InChI=1S/C14H12N6O4S/c1-19(24-2)14(21)16-9-3-5-10(6-4-9)25-13-7-12(20(22)23)17-11(8-15)18-13/h3-7H,1-2H3,(H,16,21). The average Bonchev–Trinajstić information content (AvgIpc) is 2.62. The maximum Gasteiger partial charge on any atom is 0.369 e. The smallest absolute Gasteiger partial charge is 0.358 e. The quantitative estimate of drug-likeness (QED) is 0.488. The van der Waals surface area contributed by atoms with E-state index in [4.69, 9.17) is 10.1 Å². The molecule has 2 rings (SSSR count). The van der Waals surface area contributed by atoms with E-state index < -0.39 is 16.8 Å². The van der Waals surface area contributed by atoms with E-state index in [0.717, 1.165) is 21.7 Å². The molecule has 0 aliphatic heterocycles. The number of rotatable bonds is 5. The predicted octanol–water partition coefficient (Wildman–Crippen LogP) is 2.43. The van der Waals surface area contributed by atoms with Crippen LogP contribution in [0.25, 0.3) is 0 Å². The Morgan fingerprint density at radius 3 is 2.64 bits per heavy atom. The van der Waals surface area contributed by atoms with Gasteiger partial charge in [0.1, 0.15) is 5.03 Å². The lowest BCUT2D eigenvalue weighted by atomic mass is 10.3. The molecule has 1 aromatic heterocycles. The fourth-order valence-corrected chi connectivity index (χ4v) is 2.43. The molecule has 0 aliphatic rings. The number of anilines is 1. The molecule has 0 unspecified atom stereocenters. The molecule has 2 amide bonds. The zero-order valence-electron chi connectivity index (χ0n) is 13.2. The van der Waals surface area contributed by atoms with E-state index in [1.165, 1.54) is 20.2 Å². The van der Waals surface area contributed by atoms with Gasteiger partial charge in [0, 0.05) is 17.6 Å². The van der Waals surface area contributed by atoms with Crippen molar-refractivity contribution in [2.75, 3.05) is 19.5 Å². The van der Waals surface area contributed by atoms with Gasteiger partial charge in [-0.1, -0.05) is 11.8 Å². The summed E-state index contributed by atoms with van der Waals surface area (Å²) < 4.78 is 0. The van der Waals surface area contributed by atoms with Crippen LogP contribution in [0.4, 0.5) is 16.3 Å². The van der Waals surface area contributed by atoms with Gasteiger partial charge in [0.2, 0.25) is 0 Å². The van der Waals surface area contributed by atoms with Gasteiger partial charge in [-0.2, -0.15) is 10.2 Å². The lowest BCUT2D eigenvalue weighted by molar-refractivity contribution is -0.389. The molecule has 10 nitrogen and oxygen atoms in total. The topological polar surface area (TPSA) is 134 Å². The molecule has 0 fully saturated rings. The molecule has 1 heterocycles. The Hall–Kier alpha value is -3.23. The number of carbonyl (C=O) groups is 1. The minimum absolute atomic E-state index is 0.272. The van der Waals surface area contributed by atoms with Gasteiger partial charge >= 0.3 is 17.7 Å². The summed E-state index contributed by atoms with van der Waals surface area (Å²) >= 11 is 1.13. The molecule has 0 aliphatic carbocycles. The van der Waals surface area contributed by atoms with Crippen molar-refractivity contribution in [1.29, 1.82) is 5.26 Å². The summed E-state index contributed by atoms with van der Waals surface area (Å²) in [6.07, 6.45) is 0. The van der Waals surface area contributed by atoms with Crippen LogP contribution in [0.5, 0.6) is 0 Å². The number of amides is 2. The second-order valence-electron chi connectivity index (χ2n) is 4.49. The SMILES string of the molecule is CON(C)C(=O)Nc1ccc(Sc2cc([N+](=O)[O-])nc(C#N)n2)cc1. The van der Waals surface area contributed by atoms with Gasteiger partial charge in [0.05, 0.1) is 13.2 Å². The van der Waals surface area contributed by atoms with Crippen molar-refractivity contribution in [3.05, 3.63) is 46.3 Å².